The molecule has 4 nitrogen and oxygen atoms in total. The summed E-state index contributed by atoms with van der Waals surface area (Å²) in [6.45, 7) is 4.60. The van der Waals surface area contributed by atoms with Gasteiger partial charge in [0.2, 0.25) is 0 Å². The minimum atomic E-state index is -0.0970. The summed E-state index contributed by atoms with van der Waals surface area (Å²) in [5.74, 6) is 0.488. The van der Waals surface area contributed by atoms with Crippen molar-refractivity contribution in [3.63, 3.8) is 0 Å². The molecule has 1 aromatic carbocycles. The van der Waals surface area contributed by atoms with Gasteiger partial charge in [-0.3, -0.25) is 4.90 Å². The average Bonchev–Trinajstić information content (AvgIpc) is 2.47. The van der Waals surface area contributed by atoms with E-state index in [1.54, 1.807) is 0 Å². The molecule has 0 unspecified atom stereocenters. The summed E-state index contributed by atoms with van der Waals surface area (Å²) in [6.07, 6.45) is 1.40. The number of aliphatic hydroxyl groups excluding tert-OH is 2. The van der Waals surface area contributed by atoms with E-state index < -0.39 is 0 Å². The lowest BCUT2D eigenvalue weighted by Crippen LogP contribution is -2.67. The molecule has 4 heteroatoms. The summed E-state index contributed by atoms with van der Waals surface area (Å²) < 4.78 is 5.78. The van der Waals surface area contributed by atoms with Gasteiger partial charge in [-0.15, -0.1) is 0 Å². The molecule has 112 valence electrons. The normalized spacial score (nSPS) is 21.6. The first kappa shape index (κ1) is 15.4. The van der Waals surface area contributed by atoms with Gasteiger partial charge < -0.3 is 14.9 Å². The van der Waals surface area contributed by atoms with Crippen LogP contribution in [0.25, 0.3) is 0 Å². The number of ether oxygens (including phenoxy) is 1. The Labute approximate surface area is 121 Å². The van der Waals surface area contributed by atoms with Crippen molar-refractivity contribution in [1.29, 1.82) is 0 Å². The number of benzene rings is 1. The van der Waals surface area contributed by atoms with Crippen LogP contribution < -0.4 is 0 Å². The smallest absolute Gasteiger partial charge is 0.0999 e. The van der Waals surface area contributed by atoms with E-state index in [9.17, 15) is 10.2 Å². The fourth-order valence-electron chi connectivity index (χ4n) is 3.23. The highest BCUT2D eigenvalue weighted by Crippen LogP contribution is 2.41. The summed E-state index contributed by atoms with van der Waals surface area (Å²) in [5.41, 5.74) is 1.07. The van der Waals surface area contributed by atoms with Gasteiger partial charge in [-0.1, -0.05) is 37.3 Å². The monoisotopic (exact) mass is 279 g/mol. The van der Waals surface area contributed by atoms with Gasteiger partial charge in [0, 0.05) is 25.3 Å². The average molecular weight is 279 g/mol. The van der Waals surface area contributed by atoms with Gasteiger partial charge in [-0.25, -0.2) is 0 Å². The van der Waals surface area contributed by atoms with Gasteiger partial charge in [0.1, 0.15) is 0 Å². The van der Waals surface area contributed by atoms with Crippen molar-refractivity contribution < 1.29 is 14.9 Å². The van der Waals surface area contributed by atoms with Gasteiger partial charge in [-0.05, 0) is 24.3 Å². The van der Waals surface area contributed by atoms with E-state index in [0.29, 0.717) is 32.1 Å². The Morgan fingerprint density at radius 2 is 1.85 bits per heavy atom. The molecule has 2 rings (SSSR count). The fourth-order valence-corrected chi connectivity index (χ4v) is 3.23. The molecule has 0 bridgehead atoms. The highest BCUT2D eigenvalue weighted by Gasteiger charge is 2.49. The zero-order chi connectivity index (χ0) is 14.4. The van der Waals surface area contributed by atoms with Gasteiger partial charge in [0.05, 0.1) is 13.3 Å². The highest BCUT2D eigenvalue weighted by atomic mass is 16.5. The van der Waals surface area contributed by atoms with Gasteiger partial charge in [0.15, 0.2) is 0 Å². The second kappa shape index (κ2) is 7.18. The Kier molecular flexibility index (Phi) is 5.54. The third-order valence-corrected chi connectivity index (χ3v) is 4.49. The SMILES string of the molecule is C[C@H]1CN(COCc2ccccc2)C1(CCO)CCO. The zero-order valence-corrected chi connectivity index (χ0v) is 12.2. The van der Waals surface area contributed by atoms with Crippen LogP contribution in [0.1, 0.15) is 25.3 Å². The third-order valence-electron chi connectivity index (χ3n) is 4.49. The topological polar surface area (TPSA) is 52.9 Å². The molecule has 2 N–H and O–H groups in total. The number of hydrogen-bond donors (Lipinski definition) is 2. The molecule has 1 saturated heterocycles. The first-order chi connectivity index (χ1) is 9.73. The van der Waals surface area contributed by atoms with Crippen LogP contribution in [0.4, 0.5) is 0 Å². The molecule has 1 atom stereocenters. The molecule has 1 aliphatic heterocycles. The summed E-state index contributed by atoms with van der Waals surface area (Å²) in [5, 5.41) is 18.6. The molecule has 0 aliphatic carbocycles. The predicted octanol–water partition coefficient (Wildman–Crippen LogP) is 1.62. The highest BCUT2D eigenvalue weighted by molar-refractivity contribution is 5.13. The molecule has 1 fully saturated rings. The van der Waals surface area contributed by atoms with Crippen LogP contribution in [0, 0.1) is 5.92 Å². The molecule has 1 heterocycles. The maximum absolute atomic E-state index is 9.28. The van der Waals surface area contributed by atoms with E-state index in [2.05, 4.69) is 11.8 Å². The molecule has 0 radical (unpaired) electrons. The van der Waals surface area contributed by atoms with Crippen LogP contribution in [0.3, 0.4) is 0 Å². The van der Waals surface area contributed by atoms with Crippen molar-refractivity contribution >= 4 is 0 Å². The molecular formula is C16H25NO3. The van der Waals surface area contributed by atoms with E-state index in [1.165, 1.54) is 0 Å². The lowest BCUT2D eigenvalue weighted by Gasteiger charge is -2.57. The Bertz CT molecular complexity index is 390. The van der Waals surface area contributed by atoms with Crippen LogP contribution in [-0.2, 0) is 11.3 Å². The lowest BCUT2D eigenvalue weighted by atomic mass is 9.71. The Hall–Kier alpha value is -0.940. The molecule has 1 aromatic rings. The van der Waals surface area contributed by atoms with E-state index in [0.717, 1.165) is 12.1 Å². The molecular weight excluding hydrogens is 254 g/mol. The standard InChI is InChI=1S/C16H25NO3/c1-14-11-17(16(14,7-9-18)8-10-19)13-20-12-15-5-3-2-4-6-15/h2-6,14,18-19H,7-13H2,1H3/t14-/m0/s1. The summed E-state index contributed by atoms with van der Waals surface area (Å²) in [6, 6.07) is 10.1. The molecule has 0 saturated carbocycles. The Balaban J connectivity index is 1.85. The Morgan fingerprint density at radius 3 is 2.40 bits per heavy atom. The number of rotatable bonds is 8. The second-order valence-corrected chi connectivity index (χ2v) is 5.64. The van der Waals surface area contributed by atoms with Gasteiger partial charge in [0.25, 0.3) is 0 Å². The van der Waals surface area contributed by atoms with E-state index in [-0.39, 0.29) is 18.8 Å². The quantitative estimate of drug-likeness (QED) is 0.759. The first-order valence-corrected chi connectivity index (χ1v) is 7.31. The van der Waals surface area contributed by atoms with Crippen molar-refractivity contribution in [3.05, 3.63) is 35.9 Å². The zero-order valence-electron chi connectivity index (χ0n) is 12.2. The number of aliphatic hydroxyl groups is 2. The van der Waals surface area contributed by atoms with Gasteiger partial charge in [-0.2, -0.15) is 0 Å². The molecule has 0 amide bonds. The van der Waals surface area contributed by atoms with E-state index in [1.807, 2.05) is 30.3 Å². The predicted molar refractivity (Wildman–Crippen MR) is 78.1 cm³/mol. The third kappa shape index (κ3) is 3.20. The first-order valence-electron chi connectivity index (χ1n) is 7.31. The molecule has 0 spiro atoms. The largest absolute Gasteiger partial charge is 0.396 e. The van der Waals surface area contributed by atoms with Crippen LogP contribution in [0.15, 0.2) is 30.3 Å². The van der Waals surface area contributed by atoms with Crippen LogP contribution >= 0.6 is 0 Å². The molecule has 20 heavy (non-hydrogen) atoms. The van der Waals surface area contributed by atoms with Crippen molar-refractivity contribution in [1.82, 2.24) is 4.90 Å². The van der Waals surface area contributed by atoms with Crippen LogP contribution in [0.2, 0.25) is 0 Å². The maximum Gasteiger partial charge on any atom is 0.0999 e. The number of hydrogen-bond acceptors (Lipinski definition) is 4. The van der Waals surface area contributed by atoms with Crippen LogP contribution in [-0.4, -0.2) is 47.1 Å². The minimum absolute atomic E-state index is 0.0970. The number of likely N-dealkylation sites (tertiary alicyclic amines) is 1. The van der Waals surface area contributed by atoms with Crippen molar-refractivity contribution in [2.24, 2.45) is 5.92 Å². The minimum Gasteiger partial charge on any atom is -0.396 e. The van der Waals surface area contributed by atoms with Crippen molar-refractivity contribution in [2.75, 3.05) is 26.5 Å². The van der Waals surface area contributed by atoms with Gasteiger partial charge >= 0.3 is 0 Å². The van der Waals surface area contributed by atoms with Crippen molar-refractivity contribution in [3.8, 4) is 0 Å². The second-order valence-electron chi connectivity index (χ2n) is 5.64. The lowest BCUT2D eigenvalue weighted by molar-refractivity contribution is -0.154. The number of nitrogens with zero attached hydrogens (tertiary/aromatic N) is 1. The van der Waals surface area contributed by atoms with Crippen molar-refractivity contribution in [2.45, 2.75) is 31.9 Å². The van der Waals surface area contributed by atoms with E-state index in [4.69, 9.17) is 4.74 Å². The maximum atomic E-state index is 9.28. The van der Waals surface area contributed by atoms with E-state index >= 15 is 0 Å². The Morgan fingerprint density at radius 1 is 1.20 bits per heavy atom. The van der Waals surface area contributed by atoms with Crippen LogP contribution in [0.5, 0.6) is 0 Å². The molecule has 0 aromatic heterocycles. The summed E-state index contributed by atoms with van der Waals surface area (Å²) in [7, 11) is 0. The fraction of sp³-hybridized carbons (Fsp3) is 0.625. The summed E-state index contributed by atoms with van der Waals surface area (Å²) in [4.78, 5) is 2.24. The molecule has 1 aliphatic rings. The summed E-state index contributed by atoms with van der Waals surface area (Å²) >= 11 is 0.